The van der Waals surface area contributed by atoms with Crippen LogP contribution in [0.1, 0.15) is 36.0 Å². The second-order valence-corrected chi connectivity index (χ2v) is 7.31. The molecule has 0 saturated heterocycles. The number of likely N-dealkylation sites (N-methyl/N-ethyl adjacent to an activating group) is 2. The molecule has 0 bridgehead atoms. The zero-order chi connectivity index (χ0) is 15.5. The minimum Gasteiger partial charge on any atom is -0.304 e. The van der Waals surface area contributed by atoms with Crippen LogP contribution < -0.4 is 0 Å². The van der Waals surface area contributed by atoms with Crippen molar-refractivity contribution >= 4 is 21.7 Å². The van der Waals surface area contributed by atoms with Crippen LogP contribution in [0.25, 0.3) is 0 Å². The minimum atomic E-state index is 0.224. The number of ketones is 1. The highest BCUT2D eigenvalue weighted by Gasteiger charge is 2.39. The second-order valence-electron chi connectivity index (χ2n) is 6.39. The Labute approximate surface area is 136 Å². The number of rotatable bonds is 7. The minimum absolute atomic E-state index is 0.224. The van der Waals surface area contributed by atoms with Gasteiger partial charge in [0.05, 0.1) is 0 Å². The average molecular weight is 353 g/mol. The fourth-order valence-electron chi connectivity index (χ4n) is 2.99. The van der Waals surface area contributed by atoms with E-state index in [4.69, 9.17) is 0 Å². The summed E-state index contributed by atoms with van der Waals surface area (Å²) in [6.45, 7) is 1.87. The summed E-state index contributed by atoms with van der Waals surface area (Å²) < 4.78 is 1.01. The van der Waals surface area contributed by atoms with Gasteiger partial charge in [-0.05, 0) is 52.5 Å². The second kappa shape index (κ2) is 7.03. The first kappa shape index (κ1) is 16.7. The van der Waals surface area contributed by atoms with Crippen molar-refractivity contribution in [3.63, 3.8) is 0 Å². The molecule has 1 aromatic rings. The van der Waals surface area contributed by atoms with E-state index in [-0.39, 0.29) is 5.78 Å². The fraction of sp³-hybridized carbons (Fsp3) is 0.588. The standard InChI is InChI=1S/C17H25BrN2O/c1-19(2)17(10-4-11-17)13-20(3)12-9-16(21)14-5-7-15(18)8-6-14/h5-8H,4,9-13H2,1-3H3. The fourth-order valence-corrected chi connectivity index (χ4v) is 3.25. The molecule has 0 amide bonds. The van der Waals surface area contributed by atoms with Gasteiger partial charge in [-0.1, -0.05) is 28.1 Å². The zero-order valence-corrected chi connectivity index (χ0v) is 14.8. The Morgan fingerprint density at radius 2 is 1.81 bits per heavy atom. The number of Topliss-reactive ketones (excluding diaryl/α,β-unsaturated/α-hetero) is 1. The van der Waals surface area contributed by atoms with Gasteiger partial charge in [0.2, 0.25) is 0 Å². The maximum atomic E-state index is 12.2. The smallest absolute Gasteiger partial charge is 0.164 e. The molecule has 3 nitrogen and oxygen atoms in total. The Morgan fingerprint density at radius 1 is 1.19 bits per heavy atom. The number of carbonyl (C=O) groups excluding carboxylic acids is 1. The predicted molar refractivity (Wildman–Crippen MR) is 90.9 cm³/mol. The summed E-state index contributed by atoms with van der Waals surface area (Å²) in [6.07, 6.45) is 4.45. The van der Waals surface area contributed by atoms with Gasteiger partial charge in [0.1, 0.15) is 0 Å². The highest BCUT2D eigenvalue weighted by atomic mass is 79.9. The SMILES string of the molecule is CN(CCC(=O)c1ccc(Br)cc1)CC1(N(C)C)CCC1. The molecule has 0 aromatic heterocycles. The normalized spacial score (nSPS) is 17.0. The van der Waals surface area contributed by atoms with Gasteiger partial charge in [0.25, 0.3) is 0 Å². The number of nitrogens with zero attached hydrogens (tertiary/aromatic N) is 2. The molecule has 1 aromatic carbocycles. The molecule has 1 aliphatic rings. The Morgan fingerprint density at radius 3 is 2.29 bits per heavy atom. The van der Waals surface area contributed by atoms with Crippen molar-refractivity contribution < 1.29 is 4.79 Å². The average Bonchev–Trinajstić information content (AvgIpc) is 2.40. The maximum absolute atomic E-state index is 12.2. The summed E-state index contributed by atoms with van der Waals surface area (Å²) in [7, 11) is 6.46. The molecule has 0 atom stereocenters. The van der Waals surface area contributed by atoms with Gasteiger partial charge < -0.3 is 9.80 Å². The molecular weight excluding hydrogens is 328 g/mol. The summed E-state index contributed by atoms with van der Waals surface area (Å²) >= 11 is 3.39. The lowest BCUT2D eigenvalue weighted by Gasteiger charge is -2.49. The number of halogens is 1. The van der Waals surface area contributed by atoms with E-state index in [1.165, 1.54) is 19.3 Å². The highest BCUT2D eigenvalue weighted by Crippen LogP contribution is 2.36. The van der Waals surface area contributed by atoms with Crippen LogP contribution in [0.4, 0.5) is 0 Å². The van der Waals surface area contributed by atoms with E-state index in [0.717, 1.165) is 23.1 Å². The quantitative estimate of drug-likeness (QED) is 0.702. The Balaban J connectivity index is 1.82. The molecule has 4 heteroatoms. The lowest BCUT2D eigenvalue weighted by molar-refractivity contribution is 0.0276. The summed E-state index contributed by atoms with van der Waals surface area (Å²) in [6, 6.07) is 7.62. The number of benzene rings is 1. The summed E-state index contributed by atoms with van der Waals surface area (Å²) in [5, 5.41) is 0. The molecule has 1 fully saturated rings. The maximum Gasteiger partial charge on any atom is 0.164 e. The molecule has 0 spiro atoms. The van der Waals surface area contributed by atoms with Crippen molar-refractivity contribution in [1.82, 2.24) is 9.80 Å². The molecule has 0 aliphatic heterocycles. The van der Waals surface area contributed by atoms with Crippen molar-refractivity contribution in [2.24, 2.45) is 0 Å². The topological polar surface area (TPSA) is 23.6 Å². The van der Waals surface area contributed by atoms with Crippen molar-refractivity contribution in [3.05, 3.63) is 34.3 Å². The molecule has 116 valence electrons. The van der Waals surface area contributed by atoms with E-state index in [1.54, 1.807) is 0 Å². The number of carbonyl (C=O) groups is 1. The molecule has 2 rings (SSSR count). The van der Waals surface area contributed by atoms with E-state index in [0.29, 0.717) is 12.0 Å². The lowest BCUT2D eigenvalue weighted by atomic mass is 9.75. The van der Waals surface area contributed by atoms with Gasteiger partial charge in [-0.25, -0.2) is 0 Å². The zero-order valence-electron chi connectivity index (χ0n) is 13.2. The molecule has 0 unspecified atom stereocenters. The van der Waals surface area contributed by atoms with Gasteiger partial charge in [-0.15, -0.1) is 0 Å². The van der Waals surface area contributed by atoms with Crippen molar-refractivity contribution in [2.75, 3.05) is 34.2 Å². The van der Waals surface area contributed by atoms with Crippen LogP contribution in [0.3, 0.4) is 0 Å². The highest BCUT2D eigenvalue weighted by molar-refractivity contribution is 9.10. The monoisotopic (exact) mass is 352 g/mol. The molecular formula is C17H25BrN2O. The van der Waals surface area contributed by atoms with Gasteiger partial charge in [-0.3, -0.25) is 4.79 Å². The summed E-state index contributed by atoms with van der Waals surface area (Å²) in [5.41, 5.74) is 1.13. The molecule has 0 radical (unpaired) electrons. The Kier molecular flexibility index (Phi) is 5.58. The molecule has 1 aliphatic carbocycles. The summed E-state index contributed by atoms with van der Waals surface area (Å²) in [5.74, 6) is 0.224. The first-order valence-corrected chi connectivity index (χ1v) is 8.37. The van der Waals surface area contributed by atoms with E-state index in [2.05, 4.69) is 46.9 Å². The van der Waals surface area contributed by atoms with Crippen LogP contribution in [-0.4, -0.2) is 55.4 Å². The predicted octanol–water partition coefficient (Wildman–Crippen LogP) is 3.44. The first-order valence-electron chi connectivity index (χ1n) is 7.58. The van der Waals surface area contributed by atoms with E-state index in [1.807, 2.05) is 24.3 Å². The number of hydrogen-bond donors (Lipinski definition) is 0. The molecule has 0 heterocycles. The first-order chi connectivity index (χ1) is 9.93. The number of hydrogen-bond acceptors (Lipinski definition) is 3. The van der Waals surface area contributed by atoms with Crippen LogP contribution in [0, 0.1) is 0 Å². The Bertz CT molecular complexity index is 480. The van der Waals surface area contributed by atoms with Crippen molar-refractivity contribution in [1.29, 1.82) is 0 Å². The van der Waals surface area contributed by atoms with Crippen LogP contribution in [-0.2, 0) is 0 Å². The van der Waals surface area contributed by atoms with Gasteiger partial charge in [-0.2, -0.15) is 0 Å². The van der Waals surface area contributed by atoms with E-state index < -0.39 is 0 Å². The van der Waals surface area contributed by atoms with E-state index in [9.17, 15) is 4.79 Å². The van der Waals surface area contributed by atoms with Crippen LogP contribution >= 0.6 is 15.9 Å². The van der Waals surface area contributed by atoms with Gasteiger partial charge >= 0.3 is 0 Å². The Hall–Kier alpha value is -0.710. The van der Waals surface area contributed by atoms with E-state index >= 15 is 0 Å². The third-order valence-electron chi connectivity index (χ3n) is 4.68. The van der Waals surface area contributed by atoms with Gasteiger partial charge in [0.15, 0.2) is 5.78 Å². The summed E-state index contributed by atoms with van der Waals surface area (Å²) in [4.78, 5) is 16.8. The molecule has 1 saturated carbocycles. The third kappa shape index (κ3) is 4.15. The third-order valence-corrected chi connectivity index (χ3v) is 5.21. The van der Waals surface area contributed by atoms with Crippen LogP contribution in [0.2, 0.25) is 0 Å². The van der Waals surface area contributed by atoms with Gasteiger partial charge in [0, 0.05) is 35.1 Å². The van der Waals surface area contributed by atoms with Crippen LogP contribution in [0.5, 0.6) is 0 Å². The molecule has 0 N–H and O–H groups in total. The lowest BCUT2D eigenvalue weighted by Crippen LogP contribution is -2.56. The van der Waals surface area contributed by atoms with Crippen molar-refractivity contribution in [2.45, 2.75) is 31.2 Å². The van der Waals surface area contributed by atoms with Crippen LogP contribution in [0.15, 0.2) is 28.7 Å². The molecule has 21 heavy (non-hydrogen) atoms. The van der Waals surface area contributed by atoms with Crippen molar-refractivity contribution in [3.8, 4) is 0 Å². The largest absolute Gasteiger partial charge is 0.304 e.